The molecule has 4 aromatic rings. The number of benzene rings is 3. The topological polar surface area (TPSA) is 71.7 Å². The number of hydrogen-bond acceptors (Lipinski definition) is 4. The van der Waals surface area contributed by atoms with Crippen LogP contribution < -0.4 is 9.11 Å². The van der Waals surface area contributed by atoms with E-state index in [0.29, 0.717) is 22.6 Å². The van der Waals surface area contributed by atoms with Gasteiger partial charge in [-0.15, -0.1) is 0 Å². The van der Waals surface area contributed by atoms with Crippen molar-refractivity contribution in [3.05, 3.63) is 88.7 Å². The van der Waals surface area contributed by atoms with E-state index in [1.165, 1.54) is 47.0 Å². The van der Waals surface area contributed by atoms with Crippen LogP contribution in [0.1, 0.15) is 22.8 Å². The van der Waals surface area contributed by atoms with Crippen molar-refractivity contribution in [3.63, 3.8) is 0 Å². The third-order valence-electron chi connectivity index (χ3n) is 5.30. The lowest BCUT2D eigenvalue weighted by atomic mass is 10.2. The molecule has 0 N–H and O–H groups in total. The fourth-order valence-corrected chi connectivity index (χ4v) is 5.91. The van der Waals surface area contributed by atoms with Gasteiger partial charge in [0.05, 0.1) is 20.8 Å². The molecule has 0 saturated carbocycles. The van der Waals surface area contributed by atoms with Crippen molar-refractivity contribution in [2.75, 3.05) is 11.4 Å². The summed E-state index contributed by atoms with van der Waals surface area (Å²) in [6.45, 7) is 4.75. The Labute approximate surface area is 191 Å². The van der Waals surface area contributed by atoms with Crippen LogP contribution in [0.2, 0.25) is 0 Å². The molecule has 0 atom stereocenters. The van der Waals surface area contributed by atoms with E-state index in [2.05, 4.69) is 4.99 Å². The molecule has 4 rings (SSSR count). The molecule has 0 aliphatic carbocycles. The quantitative estimate of drug-likeness (QED) is 0.433. The highest BCUT2D eigenvalue weighted by Crippen LogP contribution is 2.23. The van der Waals surface area contributed by atoms with E-state index in [0.717, 1.165) is 15.8 Å². The second-order valence-corrected chi connectivity index (χ2v) is 10.3. The minimum absolute atomic E-state index is 0.113. The molecular weight excluding hydrogens is 442 g/mol. The fraction of sp³-hybridized carbons (Fsp3) is 0.167. The Morgan fingerprint density at radius 1 is 1.00 bits per heavy atom. The zero-order valence-corrected chi connectivity index (χ0v) is 19.7. The van der Waals surface area contributed by atoms with Crippen LogP contribution >= 0.6 is 11.3 Å². The smallest absolute Gasteiger partial charge is 0.279 e. The SMILES string of the molecule is CCn1c(=NC(=O)c2ccc(S(=O)(=O)N(C)c3ccccc3)cc2)sc2cccc(C)c21. The maximum atomic E-state index is 12.9. The van der Waals surface area contributed by atoms with E-state index in [4.69, 9.17) is 0 Å². The second kappa shape index (κ2) is 8.72. The van der Waals surface area contributed by atoms with Gasteiger partial charge in [-0.2, -0.15) is 4.99 Å². The zero-order chi connectivity index (χ0) is 22.9. The Bertz CT molecular complexity index is 1450. The molecule has 8 heteroatoms. The van der Waals surface area contributed by atoms with Gasteiger partial charge in [-0.1, -0.05) is 41.7 Å². The molecule has 6 nitrogen and oxygen atoms in total. The van der Waals surface area contributed by atoms with Crippen LogP contribution in [0.4, 0.5) is 5.69 Å². The molecule has 1 heterocycles. The summed E-state index contributed by atoms with van der Waals surface area (Å²) in [6, 6.07) is 20.8. The predicted octanol–water partition coefficient (Wildman–Crippen LogP) is 4.60. The lowest BCUT2D eigenvalue weighted by Crippen LogP contribution is -2.26. The molecular formula is C24H23N3O3S2. The largest absolute Gasteiger partial charge is 0.316 e. The number of carbonyl (C=O) groups is 1. The molecule has 0 radical (unpaired) electrons. The number of para-hydroxylation sites is 2. The van der Waals surface area contributed by atoms with Crippen LogP contribution in [0.15, 0.2) is 82.7 Å². The Morgan fingerprint density at radius 2 is 1.69 bits per heavy atom. The molecule has 0 saturated heterocycles. The first-order valence-electron chi connectivity index (χ1n) is 10.1. The average molecular weight is 466 g/mol. The molecule has 0 unspecified atom stereocenters. The number of anilines is 1. The van der Waals surface area contributed by atoms with Gasteiger partial charge in [0, 0.05) is 19.2 Å². The summed E-state index contributed by atoms with van der Waals surface area (Å²) in [5.74, 6) is -0.406. The fourth-order valence-electron chi connectivity index (χ4n) is 3.54. The van der Waals surface area contributed by atoms with Gasteiger partial charge in [-0.05, 0) is 61.9 Å². The molecule has 1 aromatic heterocycles. The standard InChI is InChI=1S/C24H23N3O3S2/c1-4-27-22-17(2)9-8-12-21(22)31-24(27)25-23(28)18-13-15-20(16-14-18)32(29,30)26(3)19-10-6-5-7-11-19/h5-16H,4H2,1-3H3. The van der Waals surface area contributed by atoms with E-state index < -0.39 is 15.9 Å². The van der Waals surface area contributed by atoms with Gasteiger partial charge in [-0.3, -0.25) is 9.10 Å². The van der Waals surface area contributed by atoms with Crippen molar-refractivity contribution in [2.24, 2.45) is 4.99 Å². The molecule has 3 aromatic carbocycles. The first-order chi connectivity index (χ1) is 15.3. The summed E-state index contributed by atoms with van der Waals surface area (Å²) in [6.07, 6.45) is 0. The monoisotopic (exact) mass is 465 g/mol. The Morgan fingerprint density at radius 3 is 2.34 bits per heavy atom. The second-order valence-electron chi connectivity index (χ2n) is 7.30. The van der Waals surface area contributed by atoms with Crippen LogP contribution in [0.3, 0.4) is 0 Å². The summed E-state index contributed by atoms with van der Waals surface area (Å²) >= 11 is 1.47. The zero-order valence-electron chi connectivity index (χ0n) is 18.0. The van der Waals surface area contributed by atoms with Gasteiger partial charge in [0.15, 0.2) is 4.80 Å². The Kier molecular flexibility index (Phi) is 5.99. The Balaban J connectivity index is 1.66. The van der Waals surface area contributed by atoms with Crippen molar-refractivity contribution in [1.29, 1.82) is 0 Å². The third kappa shape index (κ3) is 3.99. The number of aryl methyl sites for hydroxylation is 2. The van der Waals surface area contributed by atoms with Gasteiger partial charge >= 0.3 is 0 Å². The highest BCUT2D eigenvalue weighted by Gasteiger charge is 2.21. The number of sulfonamides is 1. The van der Waals surface area contributed by atoms with E-state index >= 15 is 0 Å². The maximum Gasteiger partial charge on any atom is 0.279 e. The number of amides is 1. The first kappa shape index (κ1) is 22.0. The summed E-state index contributed by atoms with van der Waals surface area (Å²) in [4.78, 5) is 17.9. The first-order valence-corrected chi connectivity index (χ1v) is 12.4. The lowest BCUT2D eigenvalue weighted by Gasteiger charge is -2.19. The van der Waals surface area contributed by atoms with Crippen LogP contribution in [0, 0.1) is 6.92 Å². The van der Waals surface area contributed by atoms with Crippen LogP contribution in [-0.2, 0) is 16.6 Å². The van der Waals surface area contributed by atoms with E-state index in [9.17, 15) is 13.2 Å². The minimum atomic E-state index is -3.74. The summed E-state index contributed by atoms with van der Waals surface area (Å²) in [7, 11) is -2.23. The van der Waals surface area contributed by atoms with Gasteiger partial charge in [0.2, 0.25) is 0 Å². The molecule has 32 heavy (non-hydrogen) atoms. The number of aromatic nitrogens is 1. The summed E-state index contributed by atoms with van der Waals surface area (Å²) in [5, 5.41) is 0. The molecule has 0 aliphatic rings. The van der Waals surface area contributed by atoms with E-state index in [1.54, 1.807) is 24.3 Å². The number of rotatable bonds is 5. The Hall–Kier alpha value is -3.23. The van der Waals surface area contributed by atoms with Crippen LogP contribution in [0.5, 0.6) is 0 Å². The van der Waals surface area contributed by atoms with Crippen molar-refractivity contribution in [3.8, 4) is 0 Å². The minimum Gasteiger partial charge on any atom is -0.316 e. The highest BCUT2D eigenvalue weighted by molar-refractivity contribution is 7.92. The van der Waals surface area contributed by atoms with Crippen LogP contribution in [0.25, 0.3) is 10.2 Å². The molecule has 0 bridgehead atoms. The number of thiazole rings is 1. The number of carbonyl (C=O) groups excluding carboxylic acids is 1. The normalized spacial score (nSPS) is 12.3. The van der Waals surface area contributed by atoms with Crippen molar-refractivity contribution in [1.82, 2.24) is 4.57 Å². The molecule has 164 valence electrons. The number of hydrogen-bond donors (Lipinski definition) is 0. The summed E-state index contributed by atoms with van der Waals surface area (Å²) < 4.78 is 30.2. The number of nitrogens with zero attached hydrogens (tertiary/aromatic N) is 3. The van der Waals surface area contributed by atoms with Crippen molar-refractivity contribution >= 4 is 43.2 Å². The predicted molar refractivity (Wildman–Crippen MR) is 129 cm³/mol. The lowest BCUT2D eigenvalue weighted by molar-refractivity contribution is 0.0997. The van der Waals surface area contributed by atoms with Gasteiger partial charge < -0.3 is 4.57 Å². The highest BCUT2D eigenvalue weighted by atomic mass is 32.2. The number of fused-ring (bicyclic) bond motifs is 1. The third-order valence-corrected chi connectivity index (χ3v) is 8.14. The van der Waals surface area contributed by atoms with Crippen LogP contribution in [-0.4, -0.2) is 25.9 Å². The van der Waals surface area contributed by atoms with E-state index in [1.807, 2.05) is 42.7 Å². The summed E-state index contributed by atoms with van der Waals surface area (Å²) in [5.41, 5.74) is 3.11. The van der Waals surface area contributed by atoms with Gasteiger partial charge in [-0.25, -0.2) is 8.42 Å². The average Bonchev–Trinajstić information content (AvgIpc) is 3.17. The maximum absolute atomic E-state index is 12.9. The molecule has 1 amide bonds. The van der Waals surface area contributed by atoms with Crippen molar-refractivity contribution in [2.45, 2.75) is 25.3 Å². The van der Waals surface area contributed by atoms with Crippen molar-refractivity contribution < 1.29 is 13.2 Å². The van der Waals surface area contributed by atoms with E-state index in [-0.39, 0.29) is 4.90 Å². The molecule has 0 fully saturated rings. The van der Waals surface area contributed by atoms with Gasteiger partial charge in [0.25, 0.3) is 15.9 Å². The molecule has 0 spiro atoms. The molecule has 0 aliphatic heterocycles. The van der Waals surface area contributed by atoms with Gasteiger partial charge in [0.1, 0.15) is 0 Å².